The molecule has 1 amide bonds. The SMILES string of the molecule is COc1cc(O[C@@H]2CC[C@@H](NC(=O)c3cnc(C)cn3)C2)ccc1C#N. The second-order valence-corrected chi connectivity index (χ2v) is 6.24. The highest BCUT2D eigenvalue weighted by atomic mass is 16.5. The molecule has 1 saturated carbocycles. The first-order chi connectivity index (χ1) is 12.6. The van der Waals surface area contributed by atoms with Gasteiger partial charge < -0.3 is 14.8 Å². The molecule has 1 aromatic carbocycles. The van der Waals surface area contributed by atoms with Crippen molar-refractivity contribution >= 4 is 5.91 Å². The van der Waals surface area contributed by atoms with Crippen molar-refractivity contribution in [3.63, 3.8) is 0 Å². The van der Waals surface area contributed by atoms with E-state index in [1.807, 2.05) is 6.92 Å². The zero-order valence-corrected chi connectivity index (χ0v) is 14.7. The van der Waals surface area contributed by atoms with Gasteiger partial charge in [0.1, 0.15) is 29.4 Å². The molecule has 0 saturated heterocycles. The zero-order valence-electron chi connectivity index (χ0n) is 14.7. The number of amides is 1. The first-order valence-electron chi connectivity index (χ1n) is 8.43. The Hall–Kier alpha value is -3.14. The number of aromatic nitrogens is 2. The van der Waals surface area contributed by atoms with Crippen molar-refractivity contribution in [1.29, 1.82) is 5.26 Å². The molecule has 1 aliphatic rings. The lowest BCUT2D eigenvalue weighted by Gasteiger charge is -2.16. The number of nitrogens with one attached hydrogen (secondary N) is 1. The number of hydrogen-bond acceptors (Lipinski definition) is 6. The number of rotatable bonds is 5. The maximum Gasteiger partial charge on any atom is 0.271 e. The maximum atomic E-state index is 12.2. The second kappa shape index (κ2) is 7.83. The van der Waals surface area contributed by atoms with Gasteiger partial charge in [-0.2, -0.15) is 5.26 Å². The number of ether oxygens (including phenoxy) is 2. The smallest absolute Gasteiger partial charge is 0.271 e. The van der Waals surface area contributed by atoms with E-state index in [1.165, 1.54) is 13.3 Å². The van der Waals surface area contributed by atoms with Gasteiger partial charge in [-0.25, -0.2) is 4.98 Å². The topological polar surface area (TPSA) is 97.1 Å². The Morgan fingerprint density at radius 2 is 2.15 bits per heavy atom. The highest BCUT2D eigenvalue weighted by molar-refractivity contribution is 5.92. The van der Waals surface area contributed by atoms with Gasteiger partial charge in [0.25, 0.3) is 5.91 Å². The fourth-order valence-corrected chi connectivity index (χ4v) is 2.98. The van der Waals surface area contributed by atoms with Crippen LogP contribution in [0.25, 0.3) is 0 Å². The number of nitrogens with zero attached hydrogens (tertiary/aromatic N) is 3. The highest BCUT2D eigenvalue weighted by Crippen LogP contribution is 2.29. The summed E-state index contributed by atoms with van der Waals surface area (Å²) in [6, 6.07) is 7.27. The van der Waals surface area contributed by atoms with E-state index in [9.17, 15) is 4.79 Å². The van der Waals surface area contributed by atoms with E-state index in [4.69, 9.17) is 14.7 Å². The van der Waals surface area contributed by atoms with Crippen molar-refractivity contribution in [2.45, 2.75) is 38.3 Å². The Kier molecular flexibility index (Phi) is 5.32. The van der Waals surface area contributed by atoms with Crippen LogP contribution in [0.15, 0.2) is 30.6 Å². The highest BCUT2D eigenvalue weighted by Gasteiger charge is 2.28. The molecule has 0 unspecified atom stereocenters. The van der Waals surface area contributed by atoms with E-state index < -0.39 is 0 Å². The summed E-state index contributed by atoms with van der Waals surface area (Å²) < 4.78 is 11.2. The molecular formula is C19H20N4O3. The van der Waals surface area contributed by atoms with Gasteiger partial charge in [0.15, 0.2) is 0 Å². The largest absolute Gasteiger partial charge is 0.495 e. The van der Waals surface area contributed by atoms with Crippen LogP contribution in [0.3, 0.4) is 0 Å². The number of carbonyl (C=O) groups excluding carboxylic acids is 1. The van der Waals surface area contributed by atoms with Gasteiger partial charge >= 0.3 is 0 Å². The van der Waals surface area contributed by atoms with Gasteiger partial charge in [0.05, 0.1) is 24.6 Å². The minimum atomic E-state index is -0.219. The van der Waals surface area contributed by atoms with Crippen molar-refractivity contribution in [2.24, 2.45) is 0 Å². The lowest BCUT2D eigenvalue weighted by atomic mass is 10.2. The fourth-order valence-electron chi connectivity index (χ4n) is 2.98. The van der Waals surface area contributed by atoms with Crippen LogP contribution in [0.4, 0.5) is 0 Å². The summed E-state index contributed by atoms with van der Waals surface area (Å²) in [5.41, 5.74) is 1.56. The quantitative estimate of drug-likeness (QED) is 0.887. The Morgan fingerprint density at radius 1 is 1.31 bits per heavy atom. The lowest BCUT2D eigenvalue weighted by molar-refractivity contribution is 0.0929. The number of nitriles is 1. The molecule has 0 radical (unpaired) electrons. The number of methoxy groups -OCH3 is 1. The van der Waals surface area contributed by atoms with Crippen LogP contribution >= 0.6 is 0 Å². The van der Waals surface area contributed by atoms with Gasteiger partial charge in [-0.05, 0) is 31.9 Å². The molecule has 7 heteroatoms. The summed E-state index contributed by atoms with van der Waals surface area (Å²) in [6.45, 7) is 1.83. The zero-order chi connectivity index (χ0) is 18.5. The van der Waals surface area contributed by atoms with Crippen LogP contribution in [-0.4, -0.2) is 35.1 Å². The third-order valence-corrected chi connectivity index (χ3v) is 4.33. The number of carbonyl (C=O) groups is 1. The molecule has 1 aliphatic carbocycles. The molecule has 134 valence electrons. The molecule has 7 nitrogen and oxygen atoms in total. The standard InChI is InChI=1S/C19H20N4O3/c1-12-10-22-17(11-21-12)19(24)23-14-4-6-15(7-14)26-16-5-3-13(9-20)18(8-16)25-2/h3,5,8,10-11,14-15H,4,6-7H2,1-2H3,(H,23,24)/t14-,15-/m1/s1. The van der Waals surface area contributed by atoms with Crippen molar-refractivity contribution in [1.82, 2.24) is 15.3 Å². The van der Waals surface area contributed by atoms with Crippen molar-refractivity contribution in [3.8, 4) is 17.6 Å². The molecule has 26 heavy (non-hydrogen) atoms. The van der Waals surface area contributed by atoms with Crippen molar-refractivity contribution < 1.29 is 14.3 Å². The van der Waals surface area contributed by atoms with Gasteiger partial charge in [-0.1, -0.05) is 0 Å². The van der Waals surface area contributed by atoms with Crippen LogP contribution in [0.5, 0.6) is 11.5 Å². The molecule has 2 aromatic rings. The second-order valence-electron chi connectivity index (χ2n) is 6.24. The molecule has 1 heterocycles. The van der Waals surface area contributed by atoms with E-state index in [0.29, 0.717) is 29.2 Å². The average Bonchev–Trinajstić information content (AvgIpc) is 3.08. The molecule has 0 aliphatic heterocycles. The van der Waals surface area contributed by atoms with Gasteiger partial charge in [0.2, 0.25) is 0 Å². The first-order valence-corrected chi connectivity index (χ1v) is 8.43. The van der Waals surface area contributed by atoms with E-state index >= 15 is 0 Å². The molecule has 3 rings (SSSR count). The molecule has 0 bridgehead atoms. The molecule has 1 N–H and O–H groups in total. The lowest BCUT2D eigenvalue weighted by Crippen LogP contribution is -2.34. The van der Waals surface area contributed by atoms with Gasteiger partial charge in [-0.3, -0.25) is 9.78 Å². The number of benzene rings is 1. The third-order valence-electron chi connectivity index (χ3n) is 4.33. The summed E-state index contributed by atoms with van der Waals surface area (Å²) in [5.74, 6) is 0.927. The first kappa shape index (κ1) is 17.7. The predicted octanol–water partition coefficient (Wildman–Crippen LogP) is 2.40. The van der Waals surface area contributed by atoms with E-state index in [2.05, 4.69) is 21.4 Å². The van der Waals surface area contributed by atoms with Gasteiger partial charge in [0, 0.05) is 24.7 Å². The summed E-state index contributed by atoms with van der Waals surface area (Å²) >= 11 is 0. The molecule has 2 atom stereocenters. The fraction of sp³-hybridized carbons (Fsp3) is 0.368. The minimum absolute atomic E-state index is 0.00189. The normalized spacial score (nSPS) is 18.8. The van der Waals surface area contributed by atoms with Gasteiger partial charge in [-0.15, -0.1) is 0 Å². The molecular weight excluding hydrogens is 332 g/mol. The molecule has 1 aromatic heterocycles. The van der Waals surface area contributed by atoms with Crippen LogP contribution in [0.1, 0.15) is 41.0 Å². The summed E-state index contributed by atoms with van der Waals surface area (Å²) in [4.78, 5) is 20.4. The van der Waals surface area contributed by atoms with E-state index in [-0.39, 0.29) is 18.1 Å². The number of hydrogen-bond donors (Lipinski definition) is 1. The molecule has 1 fully saturated rings. The Balaban J connectivity index is 1.56. The summed E-state index contributed by atoms with van der Waals surface area (Å²) in [5, 5.41) is 12.0. The van der Waals surface area contributed by atoms with Crippen molar-refractivity contribution in [2.75, 3.05) is 7.11 Å². The Bertz CT molecular complexity index is 830. The summed E-state index contributed by atoms with van der Waals surface area (Å²) in [6.07, 6.45) is 5.45. The Morgan fingerprint density at radius 3 is 2.85 bits per heavy atom. The van der Waals surface area contributed by atoms with Crippen LogP contribution in [0, 0.1) is 18.3 Å². The summed E-state index contributed by atoms with van der Waals surface area (Å²) in [7, 11) is 1.52. The van der Waals surface area contributed by atoms with E-state index in [1.54, 1.807) is 24.4 Å². The Labute approximate surface area is 152 Å². The van der Waals surface area contributed by atoms with Crippen LogP contribution < -0.4 is 14.8 Å². The van der Waals surface area contributed by atoms with Crippen LogP contribution in [-0.2, 0) is 0 Å². The van der Waals surface area contributed by atoms with Crippen molar-refractivity contribution in [3.05, 3.63) is 47.5 Å². The average molecular weight is 352 g/mol. The van der Waals surface area contributed by atoms with Crippen LogP contribution in [0.2, 0.25) is 0 Å². The third kappa shape index (κ3) is 4.09. The predicted molar refractivity (Wildman–Crippen MR) is 94.0 cm³/mol. The number of aryl methyl sites for hydroxylation is 1. The van der Waals surface area contributed by atoms with E-state index in [0.717, 1.165) is 18.5 Å². The molecule has 0 spiro atoms. The maximum absolute atomic E-state index is 12.2. The minimum Gasteiger partial charge on any atom is -0.495 e. The monoisotopic (exact) mass is 352 g/mol.